The summed E-state index contributed by atoms with van der Waals surface area (Å²) in [5.41, 5.74) is 2.99. The van der Waals surface area contributed by atoms with E-state index in [4.69, 9.17) is 14.9 Å². The van der Waals surface area contributed by atoms with E-state index in [1.54, 1.807) is 24.3 Å². The standard InChI is InChI=1S/C22H27BN2O6.C15H16BNO5S/c1-25-9-8-19(14-25)31-18-7-3-5-16(11-18)13-21(26)24-20(23(29)30)12-15-4-2-6-17(10-15)22(27)28;18-14(8-11-4-5-23-9-11)17-13(16(21)22)7-10-2-1-3-12(6-10)15(19)20/h2-7,10-11,19-20,29-30H,8-9,12-14H2,1H3,(H,24,26)(H,27,28);1-6,9,13,21-22H,7-8H2,(H,17,18)(H,19,20). The molecule has 14 nitrogen and oxygen atoms in total. The number of nitrogens with zero attached hydrogens (tertiary/aromatic N) is 1. The first-order valence-electron chi connectivity index (χ1n) is 17.2. The molecule has 17 heteroatoms. The number of likely N-dealkylation sites (tertiary alicyclic amines) is 1. The quantitative estimate of drug-likeness (QED) is 0.0761. The smallest absolute Gasteiger partial charge is 0.475 e. The van der Waals surface area contributed by atoms with Crippen molar-refractivity contribution in [1.29, 1.82) is 0 Å². The number of carbonyl (C=O) groups is 4. The molecule has 0 spiro atoms. The molecule has 1 aliphatic heterocycles. The first-order chi connectivity index (χ1) is 25.7. The molecule has 284 valence electrons. The fourth-order valence-electron chi connectivity index (χ4n) is 5.82. The first-order valence-corrected chi connectivity index (χ1v) is 18.1. The summed E-state index contributed by atoms with van der Waals surface area (Å²) in [6, 6.07) is 21.4. The van der Waals surface area contributed by atoms with E-state index in [-0.39, 0.29) is 54.7 Å². The molecule has 2 heterocycles. The number of likely N-dealkylation sites (N-methyl/N-ethyl adjacent to an activating group) is 1. The van der Waals surface area contributed by atoms with Gasteiger partial charge in [-0.1, -0.05) is 36.4 Å². The topological polar surface area (TPSA) is 226 Å². The Balaban J connectivity index is 0.000000252. The van der Waals surface area contributed by atoms with Crippen LogP contribution in [0.3, 0.4) is 0 Å². The lowest BCUT2D eigenvalue weighted by molar-refractivity contribution is -0.121. The van der Waals surface area contributed by atoms with Crippen LogP contribution in [0.15, 0.2) is 89.6 Å². The predicted molar refractivity (Wildman–Crippen MR) is 203 cm³/mol. The van der Waals surface area contributed by atoms with Gasteiger partial charge in [-0.15, -0.1) is 0 Å². The van der Waals surface area contributed by atoms with E-state index < -0.39 is 38.1 Å². The average molecular weight is 759 g/mol. The Bertz CT molecular complexity index is 1860. The summed E-state index contributed by atoms with van der Waals surface area (Å²) in [7, 11) is -1.48. The molecule has 1 saturated heterocycles. The molecular formula is C37H43B2N3O11S. The SMILES string of the molecule is CN1CCC(Oc2cccc(CC(=O)NC(Cc3cccc(C(=O)O)c3)B(O)O)c2)C1.O=C(Cc1ccsc1)NC(Cc1cccc(C(=O)O)c1)B(O)O. The summed E-state index contributed by atoms with van der Waals surface area (Å²) in [5, 5.41) is 65.3. The number of hydrogen-bond acceptors (Lipinski definition) is 11. The zero-order valence-corrected chi connectivity index (χ0v) is 30.4. The van der Waals surface area contributed by atoms with Gasteiger partial charge in [0.05, 0.1) is 35.9 Å². The van der Waals surface area contributed by atoms with Crippen molar-refractivity contribution in [1.82, 2.24) is 15.5 Å². The van der Waals surface area contributed by atoms with E-state index in [9.17, 15) is 39.3 Å². The molecule has 1 fully saturated rings. The summed E-state index contributed by atoms with van der Waals surface area (Å²) < 4.78 is 6.00. The van der Waals surface area contributed by atoms with Crippen LogP contribution in [0.1, 0.15) is 49.4 Å². The third-order valence-corrected chi connectivity index (χ3v) is 9.26. The van der Waals surface area contributed by atoms with Gasteiger partial charge >= 0.3 is 26.2 Å². The Morgan fingerprint density at radius 2 is 1.28 bits per heavy atom. The molecule has 54 heavy (non-hydrogen) atoms. The van der Waals surface area contributed by atoms with Gasteiger partial charge in [0.2, 0.25) is 11.8 Å². The molecule has 0 radical (unpaired) electrons. The molecule has 2 amide bonds. The van der Waals surface area contributed by atoms with Crippen molar-refractivity contribution in [3.63, 3.8) is 0 Å². The van der Waals surface area contributed by atoms with Gasteiger partial charge in [0, 0.05) is 13.1 Å². The lowest BCUT2D eigenvalue weighted by atomic mass is 9.75. The molecule has 5 rings (SSSR count). The summed E-state index contributed by atoms with van der Waals surface area (Å²) >= 11 is 1.48. The predicted octanol–water partition coefficient (Wildman–Crippen LogP) is 1.48. The second kappa shape index (κ2) is 20.4. The van der Waals surface area contributed by atoms with E-state index in [2.05, 4.69) is 15.5 Å². The van der Waals surface area contributed by atoms with Crippen LogP contribution in [0.25, 0.3) is 0 Å². The second-order valence-corrected chi connectivity index (χ2v) is 13.8. The van der Waals surface area contributed by atoms with Gasteiger partial charge in [0.25, 0.3) is 0 Å². The fourth-order valence-corrected chi connectivity index (χ4v) is 6.49. The maximum absolute atomic E-state index is 12.5. The third-order valence-electron chi connectivity index (χ3n) is 8.53. The molecule has 0 saturated carbocycles. The monoisotopic (exact) mass is 759 g/mol. The van der Waals surface area contributed by atoms with Crippen LogP contribution >= 0.6 is 11.3 Å². The number of aromatic carboxylic acids is 2. The van der Waals surface area contributed by atoms with Gasteiger partial charge < -0.3 is 50.6 Å². The van der Waals surface area contributed by atoms with Crippen LogP contribution in [0.5, 0.6) is 5.75 Å². The number of nitrogens with one attached hydrogen (secondary N) is 2. The van der Waals surface area contributed by atoms with Gasteiger partial charge in [-0.3, -0.25) is 9.59 Å². The number of benzene rings is 3. The molecular weight excluding hydrogens is 716 g/mol. The van der Waals surface area contributed by atoms with Crippen LogP contribution in [0.4, 0.5) is 0 Å². The number of carboxylic acid groups (broad SMARTS) is 2. The minimum atomic E-state index is -1.79. The van der Waals surface area contributed by atoms with Gasteiger partial charge in [-0.05, 0) is 102 Å². The summed E-state index contributed by atoms with van der Waals surface area (Å²) in [5.74, 6) is -4.00. The minimum Gasteiger partial charge on any atom is -0.489 e. The van der Waals surface area contributed by atoms with Crippen LogP contribution < -0.4 is 15.4 Å². The molecule has 8 N–H and O–H groups in total. The summed E-state index contributed by atoms with van der Waals surface area (Å²) in [6.07, 6.45) is 1.50. The Morgan fingerprint density at radius 3 is 1.74 bits per heavy atom. The minimum absolute atomic E-state index is 0.0557. The summed E-state index contributed by atoms with van der Waals surface area (Å²) in [4.78, 5) is 48.8. The maximum atomic E-state index is 12.5. The molecule has 3 atom stereocenters. The van der Waals surface area contributed by atoms with Crippen molar-refractivity contribution < 1.29 is 54.2 Å². The number of carboxylic acids is 2. The van der Waals surface area contributed by atoms with E-state index in [0.717, 1.165) is 30.6 Å². The van der Waals surface area contributed by atoms with Crippen molar-refractivity contribution in [2.45, 2.75) is 50.1 Å². The molecule has 3 aromatic carbocycles. The van der Waals surface area contributed by atoms with Crippen molar-refractivity contribution >= 4 is 49.3 Å². The Morgan fingerprint density at radius 1 is 0.759 bits per heavy atom. The fraction of sp³-hybridized carbons (Fsp3) is 0.297. The largest absolute Gasteiger partial charge is 0.489 e. The van der Waals surface area contributed by atoms with E-state index in [1.807, 2.05) is 48.1 Å². The Hall–Kier alpha value is -5.03. The molecule has 1 aromatic heterocycles. The lowest BCUT2D eigenvalue weighted by Gasteiger charge is -2.18. The number of rotatable bonds is 16. The van der Waals surface area contributed by atoms with Gasteiger partial charge in [-0.2, -0.15) is 11.3 Å². The highest BCUT2D eigenvalue weighted by molar-refractivity contribution is 7.08. The molecule has 4 aromatic rings. The third kappa shape index (κ3) is 13.7. The highest BCUT2D eigenvalue weighted by atomic mass is 32.1. The lowest BCUT2D eigenvalue weighted by Crippen LogP contribution is -2.48. The number of amides is 2. The first kappa shape index (κ1) is 41.7. The van der Waals surface area contributed by atoms with Crippen molar-refractivity contribution in [3.05, 3.63) is 123 Å². The van der Waals surface area contributed by atoms with Gasteiger partial charge in [-0.25, -0.2) is 9.59 Å². The number of carbonyl (C=O) groups excluding carboxylic acids is 2. The second-order valence-electron chi connectivity index (χ2n) is 13.0. The van der Waals surface area contributed by atoms with Gasteiger partial charge in [0.1, 0.15) is 11.9 Å². The molecule has 0 bridgehead atoms. The van der Waals surface area contributed by atoms with E-state index >= 15 is 0 Å². The van der Waals surface area contributed by atoms with Crippen molar-refractivity contribution in [2.24, 2.45) is 0 Å². The summed E-state index contributed by atoms with van der Waals surface area (Å²) in [6.45, 7) is 1.86. The van der Waals surface area contributed by atoms with Gasteiger partial charge in [0.15, 0.2) is 0 Å². The number of ether oxygens (including phenoxy) is 1. The van der Waals surface area contributed by atoms with E-state index in [1.165, 1.54) is 35.6 Å². The Kier molecular flexibility index (Phi) is 15.8. The highest BCUT2D eigenvalue weighted by Gasteiger charge is 2.27. The highest BCUT2D eigenvalue weighted by Crippen LogP contribution is 2.20. The average Bonchev–Trinajstić information content (AvgIpc) is 3.79. The van der Waals surface area contributed by atoms with Crippen LogP contribution in [-0.2, 0) is 35.3 Å². The molecule has 1 aliphatic rings. The zero-order valence-electron chi connectivity index (χ0n) is 29.6. The normalized spacial score (nSPS) is 14.9. The van der Waals surface area contributed by atoms with Crippen LogP contribution in [-0.4, -0.2) is 111 Å². The number of hydrogen-bond donors (Lipinski definition) is 8. The van der Waals surface area contributed by atoms with Crippen LogP contribution in [0.2, 0.25) is 0 Å². The Labute approximate surface area is 317 Å². The zero-order chi connectivity index (χ0) is 39.2. The number of thiophene rings is 1. The van der Waals surface area contributed by atoms with Crippen LogP contribution in [0, 0.1) is 0 Å². The maximum Gasteiger partial charge on any atom is 0.475 e. The van der Waals surface area contributed by atoms with E-state index in [0.29, 0.717) is 16.9 Å². The van der Waals surface area contributed by atoms with Crippen molar-refractivity contribution in [3.8, 4) is 5.75 Å². The molecule has 0 aliphatic carbocycles. The van der Waals surface area contributed by atoms with Crippen molar-refractivity contribution in [2.75, 3.05) is 20.1 Å². The molecule has 3 unspecified atom stereocenters.